The Labute approximate surface area is 142 Å². The van der Waals surface area contributed by atoms with E-state index in [9.17, 15) is 0 Å². The molecular weight excluding hydrogens is 306 g/mol. The van der Waals surface area contributed by atoms with Crippen molar-refractivity contribution < 1.29 is 0 Å². The van der Waals surface area contributed by atoms with E-state index in [1.54, 1.807) is 11.3 Å². The molecule has 0 bridgehead atoms. The minimum Gasteiger partial charge on any atom is -0.357 e. The lowest BCUT2D eigenvalue weighted by Gasteiger charge is -2.11. The Morgan fingerprint density at radius 2 is 2.17 bits per heavy atom. The zero-order chi connectivity index (χ0) is 16.5. The quantitative estimate of drug-likeness (QED) is 0.443. The summed E-state index contributed by atoms with van der Waals surface area (Å²) in [4.78, 5) is 10.2. The predicted molar refractivity (Wildman–Crippen MR) is 98.1 cm³/mol. The van der Waals surface area contributed by atoms with Gasteiger partial charge in [-0.2, -0.15) is 0 Å². The van der Waals surface area contributed by atoms with Crippen LogP contribution in [-0.4, -0.2) is 28.6 Å². The summed E-state index contributed by atoms with van der Waals surface area (Å²) in [5.41, 5.74) is 1.32. The summed E-state index contributed by atoms with van der Waals surface area (Å²) in [5.74, 6) is 1.98. The van der Waals surface area contributed by atoms with E-state index in [0.29, 0.717) is 0 Å². The van der Waals surface area contributed by atoms with Crippen molar-refractivity contribution in [2.75, 3.05) is 13.1 Å². The molecule has 2 aromatic rings. The number of hydrogen-bond donors (Lipinski definition) is 2. The van der Waals surface area contributed by atoms with Gasteiger partial charge in [-0.25, -0.2) is 9.98 Å². The first-order valence-electron chi connectivity index (χ1n) is 8.23. The predicted octanol–water partition coefficient (Wildman–Crippen LogP) is 3.10. The van der Waals surface area contributed by atoms with Crippen LogP contribution in [0.2, 0.25) is 0 Å². The second-order valence-corrected chi connectivity index (χ2v) is 6.52. The Kier molecular flexibility index (Phi) is 7.13. The standard InChI is InChI=1S/C17H27N5S/c1-4-18-17(21-13-16-14(2)7-12-23-16)20-8-5-6-10-22-11-9-19-15(22)3/h7,9,11-12H,4-6,8,10,13H2,1-3H3,(H2,18,20,21). The minimum absolute atomic E-state index is 0.743. The Bertz CT molecular complexity index is 614. The maximum absolute atomic E-state index is 4.67. The molecule has 23 heavy (non-hydrogen) atoms. The number of nitrogens with zero attached hydrogens (tertiary/aromatic N) is 3. The summed E-state index contributed by atoms with van der Waals surface area (Å²) in [6, 6.07) is 2.15. The van der Waals surface area contributed by atoms with Crippen molar-refractivity contribution in [2.45, 2.75) is 46.7 Å². The molecule has 0 aromatic carbocycles. The highest BCUT2D eigenvalue weighted by atomic mass is 32.1. The molecular formula is C17H27N5S. The van der Waals surface area contributed by atoms with Gasteiger partial charge in [-0.1, -0.05) is 0 Å². The highest BCUT2D eigenvalue weighted by Crippen LogP contribution is 2.16. The lowest BCUT2D eigenvalue weighted by atomic mass is 10.3. The molecule has 0 saturated heterocycles. The van der Waals surface area contributed by atoms with E-state index in [0.717, 1.165) is 50.8 Å². The van der Waals surface area contributed by atoms with E-state index in [1.165, 1.54) is 10.4 Å². The second kappa shape index (κ2) is 9.35. The average Bonchev–Trinajstić information content (AvgIpc) is 3.13. The van der Waals surface area contributed by atoms with Gasteiger partial charge in [0.1, 0.15) is 5.82 Å². The first-order valence-corrected chi connectivity index (χ1v) is 9.11. The van der Waals surface area contributed by atoms with Crippen LogP contribution >= 0.6 is 11.3 Å². The third kappa shape index (κ3) is 5.71. The Morgan fingerprint density at radius 3 is 2.83 bits per heavy atom. The van der Waals surface area contributed by atoms with Crippen molar-refractivity contribution in [3.8, 4) is 0 Å². The summed E-state index contributed by atoms with van der Waals surface area (Å²) in [6.07, 6.45) is 6.14. The lowest BCUT2D eigenvalue weighted by molar-refractivity contribution is 0.588. The normalized spacial score (nSPS) is 11.7. The van der Waals surface area contributed by atoms with Crippen molar-refractivity contribution >= 4 is 17.3 Å². The van der Waals surface area contributed by atoms with Gasteiger partial charge < -0.3 is 15.2 Å². The van der Waals surface area contributed by atoms with Gasteiger partial charge in [-0.3, -0.25) is 0 Å². The van der Waals surface area contributed by atoms with Crippen LogP contribution in [0.15, 0.2) is 28.8 Å². The molecule has 0 unspecified atom stereocenters. The van der Waals surface area contributed by atoms with Crippen molar-refractivity contribution in [1.29, 1.82) is 0 Å². The molecule has 2 N–H and O–H groups in total. The number of unbranched alkanes of at least 4 members (excludes halogenated alkanes) is 1. The van der Waals surface area contributed by atoms with Crippen LogP contribution in [0, 0.1) is 13.8 Å². The van der Waals surface area contributed by atoms with E-state index >= 15 is 0 Å². The molecule has 0 spiro atoms. The topological polar surface area (TPSA) is 54.2 Å². The van der Waals surface area contributed by atoms with Gasteiger partial charge >= 0.3 is 0 Å². The van der Waals surface area contributed by atoms with Crippen molar-refractivity contribution in [3.05, 3.63) is 40.1 Å². The molecule has 5 nitrogen and oxygen atoms in total. The number of aromatic nitrogens is 2. The highest BCUT2D eigenvalue weighted by Gasteiger charge is 2.01. The Morgan fingerprint density at radius 1 is 1.30 bits per heavy atom. The van der Waals surface area contributed by atoms with Gasteiger partial charge in [-0.05, 0) is 50.6 Å². The number of imidazole rings is 1. The fraction of sp³-hybridized carbons (Fsp3) is 0.529. The molecule has 2 rings (SSSR count). The number of aryl methyl sites for hydroxylation is 3. The van der Waals surface area contributed by atoms with E-state index in [-0.39, 0.29) is 0 Å². The minimum atomic E-state index is 0.743. The Balaban J connectivity index is 1.71. The smallest absolute Gasteiger partial charge is 0.191 e. The van der Waals surface area contributed by atoms with E-state index in [4.69, 9.17) is 0 Å². The fourth-order valence-electron chi connectivity index (χ4n) is 2.31. The molecule has 0 saturated carbocycles. The van der Waals surface area contributed by atoms with Gasteiger partial charge in [-0.15, -0.1) is 11.3 Å². The number of hydrogen-bond acceptors (Lipinski definition) is 3. The van der Waals surface area contributed by atoms with E-state index in [1.807, 2.05) is 19.3 Å². The van der Waals surface area contributed by atoms with Crippen LogP contribution in [0.4, 0.5) is 0 Å². The number of nitrogens with one attached hydrogen (secondary N) is 2. The molecule has 0 fully saturated rings. The molecule has 0 aliphatic carbocycles. The molecule has 126 valence electrons. The van der Waals surface area contributed by atoms with Gasteiger partial charge in [0.25, 0.3) is 0 Å². The molecule has 6 heteroatoms. The molecule has 0 atom stereocenters. The zero-order valence-corrected chi connectivity index (χ0v) is 15.1. The SMILES string of the molecule is CCNC(=NCc1sccc1C)NCCCCn1ccnc1C. The summed E-state index contributed by atoms with van der Waals surface area (Å²) in [5, 5.41) is 8.85. The fourth-order valence-corrected chi connectivity index (χ4v) is 3.14. The Hall–Kier alpha value is -1.82. The number of guanidine groups is 1. The summed E-state index contributed by atoms with van der Waals surface area (Å²) >= 11 is 1.77. The van der Waals surface area contributed by atoms with E-state index in [2.05, 4.69) is 50.5 Å². The second-order valence-electron chi connectivity index (χ2n) is 5.52. The monoisotopic (exact) mass is 333 g/mol. The third-order valence-corrected chi connectivity index (χ3v) is 4.74. The molecule has 0 aliphatic heterocycles. The molecule has 2 heterocycles. The molecule has 2 aromatic heterocycles. The summed E-state index contributed by atoms with van der Waals surface area (Å²) in [6.45, 7) is 9.85. The number of rotatable bonds is 8. The van der Waals surface area contributed by atoms with Gasteiger partial charge in [0, 0.05) is 36.9 Å². The summed E-state index contributed by atoms with van der Waals surface area (Å²) < 4.78 is 2.19. The van der Waals surface area contributed by atoms with Crippen LogP contribution in [0.1, 0.15) is 36.0 Å². The first-order chi connectivity index (χ1) is 11.2. The molecule has 0 amide bonds. The highest BCUT2D eigenvalue weighted by molar-refractivity contribution is 7.10. The van der Waals surface area contributed by atoms with Gasteiger partial charge in [0.2, 0.25) is 0 Å². The van der Waals surface area contributed by atoms with Crippen LogP contribution in [0.5, 0.6) is 0 Å². The third-order valence-electron chi connectivity index (χ3n) is 3.74. The van der Waals surface area contributed by atoms with Crippen LogP contribution in [-0.2, 0) is 13.1 Å². The van der Waals surface area contributed by atoms with Gasteiger partial charge in [0.05, 0.1) is 6.54 Å². The molecule has 0 aliphatic rings. The maximum Gasteiger partial charge on any atom is 0.191 e. The maximum atomic E-state index is 4.67. The molecule has 0 radical (unpaired) electrons. The average molecular weight is 334 g/mol. The van der Waals surface area contributed by atoms with Crippen molar-refractivity contribution in [1.82, 2.24) is 20.2 Å². The lowest BCUT2D eigenvalue weighted by Crippen LogP contribution is -2.37. The van der Waals surface area contributed by atoms with Gasteiger partial charge in [0.15, 0.2) is 5.96 Å². The van der Waals surface area contributed by atoms with Crippen LogP contribution < -0.4 is 10.6 Å². The zero-order valence-electron chi connectivity index (χ0n) is 14.3. The van der Waals surface area contributed by atoms with Crippen molar-refractivity contribution in [3.63, 3.8) is 0 Å². The van der Waals surface area contributed by atoms with Crippen LogP contribution in [0.25, 0.3) is 0 Å². The van der Waals surface area contributed by atoms with Crippen LogP contribution in [0.3, 0.4) is 0 Å². The van der Waals surface area contributed by atoms with E-state index < -0.39 is 0 Å². The van der Waals surface area contributed by atoms with Crippen molar-refractivity contribution in [2.24, 2.45) is 4.99 Å². The number of thiophene rings is 1. The number of aliphatic imine (C=N–C) groups is 1. The first kappa shape index (κ1) is 17.5. The largest absolute Gasteiger partial charge is 0.357 e. The summed E-state index contributed by atoms with van der Waals surface area (Å²) in [7, 11) is 0.